The minimum atomic E-state index is -0.764. The highest BCUT2D eigenvalue weighted by atomic mass is 19.1. The van der Waals surface area contributed by atoms with Crippen molar-refractivity contribution in [2.75, 3.05) is 40.0 Å². The molecule has 3 N–H and O–H groups in total. The molecule has 10 nitrogen and oxygen atoms in total. The van der Waals surface area contributed by atoms with Crippen molar-refractivity contribution in [2.45, 2.75) is 30.8 Å². The third-order valence-electron chi connectivity index (χ3n) is 7.52. The van der Waals surface area contributed by atoms with E-state index in [1.165, 1.54) is 23.1 Å². The van der Waals surface area contributed by atoms with Crippen molar-refractivity contribution in [1.29, 1.82) is 0 Å². The van der Waals surface area contributed by atoms with Crippen molar-refractivity contribution in [3.05, 3.63) is 53.1 Å². The van der Waals surface area contributed by atoms with Crippen LogP contribution in [0.1, 0.15) is 17.5 Å². The van der Waals surface area contributed by atoms with Crippen LogP contribution < -0.4 is 4.74 Å². The second-order valence-corrected chi connectivity index (χ2v) is 9.96. The number of hydrogen-bond donors (Lipinski definition) is 3. The maximum atomic E-state index is 15.4. The molecule has 3 aliphatic heterocycles. The lowest BCUT2D eigenvalue weighted by Crippen LogP contribution is -2.36. The molecule has 2 saturated heterocycles. The zero-order valence-electron chi connectivity index (χ0n) is 21.6. The van der Waals surface area contributed by atoms with Gasteiger partial charge in [0, 0.05) is 26.4 Å². The van der Waals surface area contributed by atoms with Gasteiger partial charge in [0.05, 0.1) is 35.6 Å². The van der Waals surface area contributed by atoms with E-state index in [1.54, 1.807) is 25.4 Å². The highest BCUT2D eigenvalue weighted by Gasteiger charge is 2.48. The van der Waals surface area contributed by atoms with E-state index in [0.717, 1.165) is 5.57 Å². The van der Waals surface area contributed by atoms with Crippen molar-refractivity contribution in [3.8, 4) is 17.1 Å². The van der Waals surface area contributed by atoms with E-state index in [9.17, 15) is 9.90 Å². The summed E-state index contributed by atoms with van der Waals surface area (Å²) >= 11 is 0. The number of carbonyl (C=O) groups excluding carboxylic acids is 1. The lowest BCUT2D eigenvalue weighted by Gasteiger charge is -2.26. The number of aromatic nitrogens is 2. The van der Waals surface area contributed by atoms with Gasteiger partial charge in [0.1, 0.15) is 42.1 Å². The first-order valence-corrected chi connectivity index (χ1v) is 13.0. The van der Waals surface area contributed by atoms with Crippen LogP contribution in [-0.4, -0.2) is 102 Å². The Morgan fingerprint density at radius 2 is 2.02 bits per heavy atom. The molecule has 0 aliphatic carbocycles. The summed E-state index contributed by atoms with van der Waals surface area (Å²) in [6.07, 6.45) is 1.65. The molecule has 0 spiro atoms. The van der Waals surface area contributed by atoms with Gasteiger partial charge in [-0.25, -0.2) is 13.8 Å². The first-order valence-electron chi connectivity index (χ1n) is 13.0. The van der Waals surface area contributed by atoms with E-state index in [-0.39, 0.29) is 36.9 Å². The third-order valence-corrected chi connectivity index (χ3v) is 7.52. The summed E-state index contributed by atoms with van der Waals surface area (Å²) in [6, 6.07) is 5.74. The lowest BCUT2D eigenvalue weighted by molar-refractivity contribution is -0.133. The predicted octanol–water partition coefficient (Wildman–Crippen LogP) is 2.07. The number of amides is 1. The molecule has 5 heterocycles. The largest absolute Gasteiger partial charge is 0.470 e. The Kier molecular flexibility index (Phi) is 7.09. The molecule has 12 heteroatoms. The zero-order valence-corrected chi connectivity index (χ0v) is 21.6. The summed E-state index contributed by atoms with van der Waals surface area (Å²) in [5.74, 6) is -1.55. The van der Waals surface area contributed by atoms with Crippen LogP contribution in [-0.2, 0) is 14.3 Å². The second-order valence-electron chi connectivity index (χ2n) is 9.96. The number of aliphatic hydroxyl groups is 2. The number of benzene rings is 1. The smallest absolute Gasteiger partial charge is 0.248 e. The molecule has 0 unspecified atom stereocenters. The molecule has 2 fully saturated rings. The van der Waals surface area contributed by atoms with Crippen LogP contribution in [0.3, 0.4) is 0 Å². The number of carbonyl (C=O) groups is 1. The molecule has 1 amide bonds. The molecule has 3 aromatic rings. The van der Waals surface area contributed by atoms with Crippen LogP contribution in [0.5, 0.6) is 5.88 Å². The van der Waals surface area contributed by atoms with Gasteiger partial charge in [-0.2, -0.15) is 0 Å². The fourth-order valence-corrected chi connectivity index (χ4v) is 5.50. The Morgan fingerprint density at radius 3 is 2.73 bits per heavy atom. The Balaban J connectivity index is 1.30. The van der Waals surface area contributed by atoms with Gasteiger partial charge in [0.2, 0.25) is 11.8 Å². The molecule has 2 aromatic heterocycles. The molecule has 40 heavy (non-hydrogen) atoms. The van der Waals surface area contributed by atoms with Crippen molar-refractivity contribution in [3.63, 3.8) is 0 Å². The fraction of sp³-hybridized carbons (Fsp3) is 0.393. The van der Waals surface area contributed by atoms with Gasteiger partial charge in [0.15, 0.2) is 6.10 Å². The van der Waals surface area contributed by atoms with Crippen molar-refractivity contribution in [2.24, 2.45) is 4.99 Å². The van der Waals surface area contributed by atoms with E-state index in [1.807, 2.05) is 0 Å². The zero-order chi connectivity index (χ0) is 28.0. The highest BCUT2D eigenvalue weighted by Crippen LogP contribution is 2.35. The van der Waals surface area contributed by atoms with E-state index < -0.39 is 42.7 Å². The minimum Gasteiger partial charge on any atom is -0.470 e. The van der Waals surface area contributed by atoms with Crippen molar-refractivity contribution in [1.82, 2.24) is 14.9 Å². The summed E-state index contributed by atoms with van der Waals surface area (Å²) in [5, 5.41) is 19.1. The molecule has 210 valence electrons. The molecule has 1 aromatic carbocycles. The molecule has 0 saturated carbocycles. The Hall–Kier alpha value is -3.71. The number of fused-ring (bicyclic) bond motifs is 2. The summed E-state index contributed by atoms with van der Waals surface area (Å²) in [4.78, 5) is 25.0. The van der Waals surface area contributed by atoms with Gasteiger partial charge >= 0.3 is 0 Å². The molecule has 0 radical (unpaired) electrons. The van der Waals surface area contributed by atoms with Crippen LogP contribution >= 0.6 is 0 Å². The average molecular weight is 555 g/mol. The number of nitrogens with one attached hydrogen (secondary N) is 1. The van der Waals surface area contributed by atoms with E-state index in [0.29, 0.717) is 41.0 Å². The monoisotopic (exact) mass is 554 g/mol. The standard InChI is InChI=1S/C28H28F2N4O6/c1-31-10-16-25-20(33-28(16)40-22-13-39-26-21(36)12-38-27(22)26)3-2-19(32-25)24-17(29)8-15(9-18(24)30)14-4-6-34(7-5-14)23(37)11-35/h2-4,8-10,21-22,26-27,33,35-36H,5-7,11-13H2,1H3/t21-,22-,26-,27-/m1/s1. The maximum Gasteiger partial charge on any atom is 0.248 e. The number of aliphatic hydroxyl groups excluding tert-OH is 2. The first-order chi connectivity index (χ1) is 19.4. The third kappa shape index (κ3) is 4.66. The van der Waals surface area contributed by atoms with Gasteiger partial charge in [-0.05, 0) is 41.8 Å². The SMILES string of the molecule is CN=Cc1c(O[C@@H]2CO[C@H]3[C@@H]2OC[C@H]3O)[nH]c2ccc(-c3c(F)cc(C4=CCN(C(=O)CO)CC4)cc3F)nc12. The average Bonchev–Trinajstić information content (AvgIpc) is 3.63. The first kappa shape index (κ1) is 26.5. The number of aromatic amines is 1. The quantitative estimate of drug-likeness (QED) is 0.398. The van der Waals surface area contributed by atoms with Crippen molar-refractivity contribution < 1.29 is 38.0 Å². The summed E-state index contributed by atoms with van der Waals surface area (Å²) in [7, 11) is 1.59. The second kappa shape index (κ2) is 10.7. The molecular formula is C28H28F2N4O6. The Morgan fingerprint density at radius 1 is 1.25 bits per heavy atom. The number of pyridine rings is 1. The van der Waals surface area contributed by atoms with Gasteiger partial charge in [0.25, 0.3) is 0 Å². The van der Waals surface area contributed by atoms with E-state index in [4.69, 9.17) is 19.3 Å². The molecule has 3 aliphatic rings. The fourth-order valence-electron chi connectivity index (χ4n) is 5.50. The van der Waals surface area contributed by atoms with Crippen LogP contribution in [0.25, 0.3) is 27.9 Å². The number of nitrogens with zero attached hydrogens (tertiary/aromatic N) is 3. The number of hydrogen-bond acceptors (Lipinski definition) is 8. The van der Waals surface area contributed by atoms with E-state index in [2.05, 4.69) is 15.0 Å². The maximum absolute atomic E-state index is 15.4. The van der Waals surface area contributed by atoms with Crippen LogP contribution in [0.4, 0.5) is 8.78 Å². The van der Waals surface area contributed by atoms with Crippen molar-refractivity contribution >= 4 is 28.7 Å². The summed E-state index contributed by atoms with van der Waals surface area (Å²) in [5.41, 5.74) is 2.48. The molecule has 0 bridgehead atoms. The number of halogens is 2. The van der Waals surface area contributed by atoms with Gasteiger partial charge in [-0.15, -0.1) is 0 Å². The molecule has 6 rings (SSSR count). The molecular weight excluding hydrogens is 526 g/mol. The summed E-state index contributed by atoms with van der Waals surface area (Å²) < 4.78 is 48.2. The predicted molar refractivity (Wildman–Crippen MR) is 141 cm³/mol. The van der Waals surface area contributed by atoms with Gasteiger partial charge < -0.3 is 34.3 Å². The number of ether oxygens (including phenoxy) is 3. The summed E-state index contributed by atoms with van der Waals surface area (Å²) in [6.45, 7) is 0.449. The highest BCUT2D eigenvalue weighted by molar-refractivity contribution is 6.00. The topological polar surface area (TPSA) is 130 Å². The minimum absolute atomic E-state index is 0.106. The van der Waals surface area contributed by atoms with Gasteiger partial charge in [-0.3, -0.25) is 9.79 Å². The van der Waals surface area contributed by atoms with Crippen LogP contribution in [0.2, 0.25) is 0 Å². The van der Waals surface area contributed by atoms with Crippen LogP contribution in [0.15, 0.2) is 35.3 Å². The Bertz CT molecular complexity index is 1500. The number of H-pyrrole nitrogens is 1. The van der Waals surface area contributed by atoms with Crippen LogP contribution in [0, 0.1) is 11.6 Å². The van der Waals surface area contributed by atoms with E-state index >= 15 is 8.78 Å². The normalized spacial score (nSPS) is 24.6. The lowest BCUT2D eigenvalue weighted by atomic mass is 9.96. The van der Waals surface area contributed by atoms with Gasteiger partial charge in [-0.1, -0.05) is 6.08 Å². The number of aliphatic imine (C=N–C) groups is 1. The number of rotatable bonds is 6. The Labute approximate surface area is 227 Å². The molecule has 4 atom stereocenters.